The lowest BCUT2D eigenvalue weighted by atomic mass is 9.99. The Morgan fingerprint density at radius 1 is 1.20 bits per heavy atom. The Morgan fingerprint density at radius 2 is 1.96 bits per heavy atom. The van der Waals surface area contributed by atoms with Gasteiger partial charge in [-0.05, 0) is 48.7 Å². The lowest BCUT2D eigenvalue weighted by molar-refractivity contribution is -0.114. The molecule has 1 amide bonds. The molecule has 1 aromatic carbocycles. The van der Waals surface area contributed by atoms with Crippen LogP contribution in [-0.4, -0.2) is 30.2 Å². The van der Waals surface area contributed by atoms with Gasteiger partial charge in [0.15, 0.2) is 0 Å². The summed E-state index contributed by atoms with van der Waals surface area (Å²) < 4.78 is 27.8. The Morgan fingerprint density at radius 3 is 2.60 bits per heavy atom. The quantitative estimate of drug-likeness (QED) is 0.910. The molecule has 1 aromatic heterocycles. The first-order valence-corrected chi connectivity index (χ1v) is 9.72. The highest BCUT2D eigenvalue weighted by molar-refractivity contribution is 7.89. The number of pyridine rings is 1. The molecule has 0 bridgehead atoms. The Hall–Kier alpha value is -2.25. The van der Waals surface area contributed by atoms with Crippen molar-refractivity contribution in [2.75, 3.05) is 11.9 Å². The highest BCUT2D eigenvalue weighted by Gasteiger charge is 2.34. The number of nitrogens with one attached hydrogen (secondary N) is 1. The van der Waals surface area contributed by atoms with Crippen molar-refractivity contribution in [2.45, 2.75) is 37.1 Å². The van der Waals surface area contributed by atoms with Gasteiger partial charge in [-0.3, -0.25) is 9.78 Å². The van der Waals surface area contributed by atoms with Gasteiger partial charge in [-0.25, -0.2) is 8.42 Å². The Kier molecular flexibility index (Phi) is 5.15. The number of sulfonamides is 1. The van der Waals surface area contributed by atoms with E-state index in [4.69, 9.17) is 0 Å². The molecule has 0 aliphatic carbocycles. The van der Waals surface area contributed by atoms with Gasteiger partial charge in [-0.2, -0.15) is 4.31 Å². The molecule has 1 fully saturated rings. The maximum Gasteiger partial charge on any atom is 0.243 e. The summed E-state index contributed by atoms with van der Waals surface area (Å²) in [5.74, 6) is -0.191. The number of nitrogens with zero attached hydrogens (tertiary/aromatic N) is 2. The minimum Gasteiger partial charge on any atom is -0.326 e. The van der Waals surface area contributed by atoms with Gasteiger partial charge in [-0.15, -0.1) is 0 Å². The summed E-state index contributed by atoms with van der Waals surface area (Å²) >= 11 is 0. The van der Waals surface area contributed by atoms with Gasteiger partial charge in [0.05, 0.1) is 10.9 Å². The third-order valence-corrected chi connectivity index (χ3v) is 6.23. The van der Waals surface area contributed by atoms with E-state index in [9.17, 15) is 13.2 Å². The fourth-order valence-corrected chi connectivity index (χ4v) is 4.83. The van der Waals surface area contributed by atoms with Crippen LogP contribution in [0.4, 0.5) is 5.69 Å². The van der Waals surface area contributed by atoms with Crippen molar-refractivity contribution in [1.82, 2.24) is 9.29 Å². The van der Waals surface area contributed by atoms with Crippen molar-refractivity contribution in [1.29, 1.82) is 0 Å². The smallest absolute Gasteiger partial charge is 0.243 e. The van der Waals surface area contributed by atoms with Crippen molar-refractivity contribution in [3.05, 3.63) is 54.4 Å². The molecular weight excluding hydrogens is 338 g/mol. The molecule has 2 heterocycles. The van der Waals surface area contributed by atoms with Gasteiger partial charge in [0.25, 0.3) is 0 Å². The summed E-state index contributed by atoms with van der Waals surface area (Å²) in [4.78, 5) is 15.5. The average molecular weight is 359 g/mol. The number of amides is 1. The minimum absolute atomic E-state index is 0.191. The molecule has 25 heavy (non-hydrogen) atoms. The standard InChI is InChI=1S/C18H21N3O3S/c1-14(22)20-16-7-9-17(10-8-16)25(23,24)21-12-3-2-6-18(21)15-5-4-11-19-13-15/h4-5,7-11,13,18H,2-3,6,12H2,1H3,(H,20,22)/t18-/m0/s1. The highest BCUT2D eigenvalue weighted by atomic mass is 32.2. The zero-order chi connectivity index (χ0) is 17.9. The van der Waals surface area contributed by atoms with Crippen LogP contribution in [0.5, 0.6) is 0 Å². The van der Waals surface area contributed by atoms with Crippen molar-refractivity contribution < 1.29 is 13.2 Å². The molecule has 1 atom stereocenters. The predicted octanol–water partition coefficient (Wildman–Crippen LogP) is 2.96. The van der Waals surface area contributed by atoms with E-state index in [-0.39, 0.29) is 16.8 Å². The van der Waals surface area contributed by atoms with Crippen molar-refractivity contribution >= 4 is 21.6 Å². The Balaban J connectivity index is 1.90. The molecule has 0 radical (unpaired) electrons. The van der Waals surface area contributed by atoms with E-state index in [2.05, 4.69) is 10.3 Å². The normalized spacial score (nSPS) is 18.7. The van der Waals surface area contributed by atoms with E-state index in [1.807, 2.05) is 12.1 Å². The Labute approximate surface area is 147 Å². The molecule has 0 saturated carbocycles. The highest BCUT2D eigenvalue weighted by Crippen LogP contribution is 2.35. The maximum absolute atomic E-state index is 13.1. The summed E-state index contributed by atoms with van der Waals surface area (Å²) in [6.07, 6.45) is 6.05. The van der Waals surface area contributed by atoms with Crippen molar-refractivity contribution in [3.8, 4) is 0 Å². The fourth-order valence-electron chi connectivity index (χ4n) is 3.15. The van der Waals surface area contributed by atoms with Gasteiger partial charge in [0, 0.05) is 31.5 Å². The number of carbonyl (C=O) groups excluding carboxylic acids is 1. The number of benzene rings is 1. The van der Waals surface area contributed by atoms with Crippen molar-refractivity contribution in [3.63, 3.8) is 0 Å². The molecule has 1 aliphatic rings. The third-order valence-electron chi connectivity index (χ3n) is 4.30. The fraction of sp³-hybridized carbons (Fsp3) is 0.333. The topological polar surface area (TPSA) is 79.4 Å². The molecule has 0 unspecified atom stereocenters. The monoisotopic (exact) mass is 359 g/mol. The molecule has 1 N–H and O–H groups in total. The average Bonchev–Trinajstić information content (AvgIpc) is 2.62. The maximum atomic E-state index is 13.1. The van der Waals surface area contributed by atoms with Crippen LogP contribution in [0.2, 0.25) is 0 Å². The molecule has 3 rings (SSSR count). The number of anilines is 1. The van der Waals surface area contributed by atoms with Crippen LogP contribution >= 0.6 is 0 Å². The number of hydrogen-bond donors (Lipinski definition) is 1. The van der Waals surface area contributed by atoms with Crippen LogP contribution in [0.15, 0.2) is 53.7 Å². The van der Waals surface area contributed by atoms with Crippen LogP contribution in [0.3, 0.4) is 0 Å². The van der Waals surface area contributed by atoms with Crippen LogP contribution in [-0.2, 0) is 14.8 Å². The second-order valence-corrected chi connectivity index (χ2v) is 8.01. The zero-order valence-electron chi connectivity index (χ0n) is 14.1. The number of piperidine rings is 1. The molecule has 1 aliphatic heterocycles. The third kappa shape index (κ3) is 3.88. The lowest BCUT2D eigenvalue weighted by Gasteiger charge is -2.34. The minimum atomic E-state index is -3.61. The van der Waals surface area contributed by atoms with Gasteiger partial charge in [0.1, 0.15) is 0 Å². The Bertz CT molecular complexity index is 836. The SMILES string of the molecule is CC(=O)Nc1ccc(S(=O)(=O)N2CCCC[C@H]2c2cccnc2)cc1. The number of aromatic nitrogens is 1. The first-order valence-electron chi connectivity index (χ1n) is 8.28. The number of carbonyl (C=O) groups is 1. The van der Waals surface area contributed by atoms with Crippen LogP contribution in [0.25, 0.3) is 0 Å². The molecule has 2 aromatic rings. The summed E-state index contributed by atoms with van der Waals surface area (Å²) in [5, 5.41) is 2.64. The van der Waals surface area contributed by atoms with E-state index in [1.165, 1.54) is 19.1 Å². The van der Waals surface area contributed by atoms with E-state index in [0.29, 0.717) is 12.2 Å². The van der Waals surface area contributed by atoms with E-state index >= 15 is 0 Å². The van der Waals surface area contributed by atoms with Crippen molar-refractivity contribution in [2.24, 2.45) is 0 Å². The molecule has 6 nitrogen and oxygen atoms in total. The van der Waals surface area contributed by atoms with Gasteiger partial charge in [-0.1, -0.05) is 12.5 Å². The van der Waals surface area contributed by atoms with Gasteiger partial charge < -0.3 is 5.32 Å². The summed E-state index contributed by atoms with van der Waals surface area (Å²) in [6, 6.07) is 9.85. The zero-order valence-corrected chi connectivity index (χ0v) is 14.9. The number of hydrogen-bond acceptors (Lipinski definition) is 4. The summed E-state index contributed by atoms with van der Waals surface area (Å²) in [6.45, 7) is 1.91. The molecule has 0 spiro atoms. The second-order valence-electron chi connectivity index (χ2n) is 6.12. The summed E-state index contributed by atoms with van der Waals surface area (Å²) in [7, 11) is -3.61. The first kappa shape index (κ1) is 17.6. The van der Waals surface area contributed by atoms with E-state index in [0.717, 1.165) is 24.8 Å². The van der Waals surface area contributed by atoms with E-state index in [1.54, 1.807) is 28.8 Å². The van der Waals surface area contributed by atoms with Gasteiger partial charge >= 0.3 is 0 Å². The molecule has 132 valence electrons. The second kappa shape index (κ2) is 7.33. The molecular formula is C18H21N3O3S. The molecule has 1 saturated heterocycles. The van der Waals surface area contributed by atoms with Crippen LogP contribution in [0.1, 0.15) is 37.8 Å². The summed E-state index contributed by atoms with van der Waals surface area (Å²) in [5.41, 5.74) is 1.49. The van der Waals surface area contributed by atoms with Crippen LogP contribution in [0, 0.1) is 0 Å². The van der Waals surface area contributed by atoms with Gasteiger partial charge in [0.2, 0.25) is 15.9 Å². The van der Waals surface area contributed by atoms with E-state index < -0.39 is 10.0 Å². The largest absolute Gasteiger partial charge is 0.326 e. The predicted molar refractivity (Wildman–Crippen MR) is 95.5 cm³/mol. The molecule has 7 heteroatoms. The first-order chi connectivity index (χ1) is 12.0. The van der Waals surface area contributed by atoms with Crippen LogP contribution < -0.4 is 5.32 Å². The lowest BCUT2D eigenvalue weighted by Crippen LogP contribution is -2.38. The number of rotatable bonds is 4.